The molecule has 0 saturated carbocycles. The first kappa shape index (κ1) is 22.3. The van der Waals surface area contributed by atoms with Crippen LogP contribution in [0.15, 0.2) is 53.4 Å². The fourth-order valence-corrected chi connectivity index (χ4v) is 4.86. The van der Waals surface area contributed by atoms with E-state index >= 15 is 0 Å². The van der Waals surface area contributed by atoms with Crippen LogP contribution in [0.25, 0.3) is 0 Å². The number of alkyl halides is 3. The van der Waals surface area contributed by atoms with Crippen LogP contribution in [0, 0.1) is 0 Å². The van der Waals surface area contributed by atoms with Gasteiger partial charge in [0, 0.05) is 19.6 Å². The predicted octanol–water partition coefficient (Wildman–Crippen LogP) is 3.74. The SMILES string of the molecule is O=C(Cc1cccc(C(F)(F)F)c1)NCc1ccc(S(=O)(=O)N2CCCCC2)cc1. The van der Waals surface area contributed by atoms with Crippen molar-refractivity contribution in [1.82, 2.24) is 9.62 Å². The number of hydrogen-bond donors (Lipinski definition) is 1. The van der Waals surface area contributed by atoms with Crippen molar-refractivity contribution < 1.29 is 26.4 Å². The minimum Gasteiger partial charge on any atom is -0.352 e. The largest absolute Gasteiger partial charge is 0.416 e. The molecule has 3 rings (SSSR count). The van der Waals surface area contributed by atoms with E-state index < -0.39 is 27.7 Å². The molecule has 0 spiro atoms. The Balaban J connectivity index is 1.57. The lowest BCUT2D eigenvalue weighted by atomic mass is 10.1. The highest BCUT2D eigenvalue weighted by Crippen LogP contribution is 2.29. The molecule has 1 aliphatic heterocycles. The molecule has 0 radical (unpaired) electrons. The molecule has 5 nitrogen and oxygen atoms in total. The van der Waals surface area contributed by atoms with Crippen LogP contribution in [-0.4, -0.2) is 31.7 Å². The van der Waals surface area contributed by atoms with Crippen molar-refractivity contribution in [2.75, 3.05) is 13.1 Å². The van der Waals surface area contributed by atoms with E-state index in [0.717, 1.165) is 31.4 Å². The van der Waals surface area contributed by atoms with Gasteiger partial charge < -0.3 is 5.32 Å². The zero-order valence-corrected chi connectivity index (χ0v) is 17.1. The van der Waals surface area contributed by atoms with Crippen LogP contribution in [0.1, 0.15) is 36.0 Å². The van der Waals surface area contributed by atoms with Crippen molar-refractivity contribution in [2.45, 2.75) is 43.3 Å². The van der Waals surface area contributed by atoms with Gasteiger partial charge in [-0.15, -0.1) is 0 Å². The van der Waals surface area contributed by atoms with Crippen molar-refractivity contribution in [3.05, 3.63) is 65.2 Å². The molecule has 1 aliphatic rings. The van der Waals surface area contributed by atoms with Gasteiger partial charge >= 0.3 is 6.18 Å². The van der Waals surface area contributed by atoms with E-state index in [1.165, 1.54) is 28.6 Å². The van der Waals surface area contributed by atoms with Gasteiger partial charge in [0.25, 0.3) is 0 Å². The Labute approximate surface area is 173 Å². The second-order valence-electron chi connectivity index (χ2n) is 7.26. The molecular weight excluding hydrogens is 417 g/mol. The van der Waals surface area contributed by atoms with Crippen LogP contribution in [0.2, 0.25) is 0 Å². The van der Waals surface area contributed by atoms with Gasteiger partial charge in [-0.25, -0.2) is 8.42 Å². The summed E-state index contributed by atoms with van der Waals surface area (Å²) in [5, 5.41) is 2.65. The van der Waals surface area contributed by atoms with Crippen LogP contribution in [-0.2, 0) is 34.0 Å². The molecule has 0 aliphatic carbocycles. The van der Waals surface area contributed by atoms with Gasteiger partial charge in [0.1, 0.15) is 0 Å². The smallest absolute Gasteiger partial charge is 0.352 e. The van der Waals surface area contributed by atoms with Crippen LogP contribution in [0.4, 0.5) is 13.2 Å². The number of nitrogens with one attached hydrogen (secondary N) is 1. The molecule has 30 heavy (non-hydrogen) atoms. The molecule has 0 bridgehead atoms. The number of piperidine rings is 1. The number of carbonyl (C=O) groups is 1. The quantitative estimate of drug-likeness (QED) is 0.744. The molecule has 162 valence electrons. The van der Waals surface area contributed by atoms with Gasteiger partial charge in [0.05, 0.1) is 16.9 Å². The minimum absolute atomic E-state index is 0.155. The Kier molecular flexibility index (Phi) is 6.82. The number of amides is 1. The third kappa shape index (κ3) is 5.60. The fourth-order valence-electron chi connectivity index (χ4n) is 3.34. The van der Waals surface area contributed by atoms with Gasteiger partial charge in [-0.05, 0) is 42.2 Å². The van der Waals surface area contributed by atoms with E-state index in [2.05, 4.69) is 5.32 Å². The highest BCUT2D eigenvalue weighted by molar-refractivity contribution is 7.89. The second kappa shape index (κ2) is 9.18. The van der Waals surface area contributed by atoms with Gasteiger partial charge in [-0.1, -0.05) is 36.8 Å². The number of sulfonamides is 1. The molecule has 1 amide bonds. The highest BCUT2D eigenvalue weighted by atomic mass is 32.2. The maximum absolute atomic E-state index is 12.8. The number of rotatable bonds is 6. The average Bonchev–Trinajstić information content (AvgIpc) is 2.73. The summed E-state index contributed by atoms with van der Waals surface area (Å²) in [6.45, 7) is 1.20. The highest BCUT2D eigenvalue weighted by Gasteiger charge is 2.30. The Morgan fingerprint density at radius 1 is 0.967 bits per heavy atom. The first-order valence-corrected chi connectivity index (χ1v) is 11.1. The molecule has 1 fully saturated rings. The van der Waals surface area contributed by atoms with E-state index in [1.54, 1.807) is 12.1 Å². The van der Waals surface area contributed by atoms with Gasteiger partial charge in [0.2, 0.25) is 15.9 Å². The molecule has 2 aromatic rings. The molecule has 1 heterocycles. The zero-order chi connectivity index (χ0) is 21.8. The third-order valence-electron chi connectivity index (χ3n) is 4.98. The number of benzene rings is 2. The van der Waals surface area contributed by atoms with E-state index in [9.17, 15) is 26.4 Å². The lowest BCUT2D eigenvalue weighted by Crippen LogP contribution is -2.35. The molecule has 1 N–H and O–H groups in total. The minimum atomic E-state index is -4.46. The maximum Gasteiger partial charge on any atom is 0.416 e. The third-order valence-corrected chi connectivity index (χ3v) is 6.90. The predicted molar refractivity (Wildman–Crippen MR) is 106 cm³/mol. The first-order chi connectivity index (χ1) is 14.2. The lowest BCUT2D eigenvalue weighted by molar-refractivity contribution is -0.137. The summed E-state index contributed by atoms with van der Waals surface area (Å²) >= 11 is 0. The Hall–Kier alpha value is -2.39. The van der Waals surface area contributed by atoms with Crippen molar-refractivity contribution in [3.63, 3.8) is 0 Å². The monoisotopic (exact) mass is 440 g/mol. The topological polar surface area (TPSA) is 66.5 Å². The Bertz CT molecular complexity index is 983. The summed E-state index contributed by atoms with van der Waals surface area (Å²) in [5.41, 5.74) is 0.175. The number of hydrogen-bond acceptors (Lipinski definition) is 3. The fraction of sp³-hybridized carbons (Fsp3) is 0.381. The Morgan fingerprint density at radius 2 is 1.63 bits per heavy atom. The standard InChI is InChI=1S/C21H23F3N2O3S/c22-21(23,24)18-6-4-5-17(13-18)14-20(27)25-15-16-7-9-19(10-8-16)30(28,29)26-11-2-1-3-12-26/h4-10,13H,1-3,11-12,14-15H2,(H,25,27). The van der Waals surface area contributed by atoms with Crippen LogP contribution in [0.5, 0.6) is 0 Å². The summed E-state index contributed by atoms with van der Waals surface area (Å²) < 4.78 is 65.1. The average molecular weight is 440 g/mol. The molecule has 2 aromatic carbocycles. The van der Waals surface area contributed by atoms with Gasteiger partial charge in [-0.3, -0.25) is 4.79 Å². The van der Waals surface area contributed by atoms with Crippen molar-refractivity contribution in [1.29, 1.82) is 0 Å². The number of carbonyl (C=O) groups excluding carboxylic acids is 1. The van der Waals surface area contributed by atoms with Gasteiger partial charge in [-0.2, -0.15) is 17.5 Å². The van der Waals surface area contributed by atoms with E-state index in [4.69, 9.17) is 0 Å². The summed E-state index contributed by atoms with van der Waals surface area (Å²) in [6.07, 6.45) is -1.89. The summed E-state index contributed by atoms with van der Waals surface area (Å²) in [6, 6.07) is 10.9. The molecule has 9 heteroatoms. The van der Waals surface area contributed by atoms with E-state index in [1.807, 2.05) is 0 Å². The van der Waals surface area contributed by atoms with Crippen molar-refractivity contribution in [2.24, 2.45) is 0 Å². The molecule has 1 saturated heterocycles. The van der Waals surface area contributed by atoms with E-state index in [0.29, 0.717) is 18.7 Å². The first-order valence-electron chi connectivity index (χ1n) is 9.68. The summed E-state index contributed by atoms with van der Waals surface area (Å²) in [5.74, 6) is -0.417. The molecular formula is C21H23F3N2O3S. The lowest BCUT2D eigenvalue weighted by Gasteiger charge is -2.25. The van der Waals surface area contributed by atoms with Crippen molar-refractivity contribution >= 4 is 15.9 Å². The van der Waals surface area contributed by atoms with E-state index in [-0.39, 0.29) is 23.4 Å². The van der Waals surface area contributed by atoms with Crippen LogP contribution >= 0.6 is 0 Å². The van der Waals surface area contributed by atoms with Gasteiger partial charge in [0.15, 0.2) is 0 Å². The van der Waals surface area contributed by atoms with Crippen LogP contribution < -0.4 is 5.32 Å². The molecule has 0 unspecified atom stereocenters. The zero-order valence-electron chi connectivity index (χ0n) is 16.3. The second-order valence-corrected chi connectivity index (χ2v) is 9.20. The summed E-state index contributed by atoms with van der Waals surface area (Å²) in [7, 11) is -3.51. The number of halogens is 3. The van der Waals surface area contributed by atoms with Crippen molar-refractivity contribution in [3.8, 4) is 0 Å². The van der Waals surface area contributed by atoms with Crippen LogP contribution in [0.3, 0.4) is 0 Å². The molecule has 0 atom stereocenters. The maximum atomic E-state index is 12.8. The Morgan fingerprint density at radius 3 is 2.27 bits per heavy atom. The normalized spacial score (nSPS) is 15.7. The molecule has 0 aromatic heterocycles. The number of nitrogens with zero attached hydrogens (tertiary/aromatic N) is 1. The summed E-state index contributed by atoms with van der Waals surface area (Å²) in [4.78, 5) is 12.3.